The van der Waals surface area contributed by atoms with Crippen LogP contribution in [0.1, 0.15) is 62.6 Å². The van der Waals surface area contributed by atoms with Crippen molar-refractivity contribution in [3.05, 3.63) is 50.9 Å². The van der Waals surface area contributed by atoms with Crippen molar-refractivity contribution in [2.24, 2.45) is 0 Å². The Morgan fingerprint density at radius 1 is 1.14 bits per heavy atom. The summed E-state index contributed by atoms with van der Waals surface area (Å²) in [5.41, 5.74) is 0.943. The van der Waals surface area contributed by atoms with E-state index in [0.717, 1.165) is 24.2 Å². The van der Waals surface area contributed by atoms with Gasteiger partial charge < -0.3 is 15.4 Å². The number of hydrogen-bond acceptors (Lipinski definition) is 5. The Labute approximate surface area is 173 Å². The molecule has 0 aliphatic heterocycles. The molecule has 0 saturated heterocycles. The van der Waals surface area contributed by atoms with Crippen LogP contribution in [0.2, 0.25) is 5.02 Å². The van der Waals surface area contributed by atoms with Crippen molar-refractivity contribution in [1.29, 1.82) is 0 Å². The molecule has 0 spiro atoms. The molecule has 0 fully saturated rings. The molecular weight excluding hydrogens is 400 g/mol. The third-order valence-corrected chi connectivity index (χ3v) is 5.53. The van der Waals surface area contributed by atoms with Gasteiger partial charge in [0.1, 0.15) is 5.00 Å². The highest BCUT2D eigenvalue weighted by Crippen LogP contribution is 2.34. The number of carbonyl (C=O) groups is 3. The number of unbranched alkanes of at least 4 members (excludes halogenated alkanes) is 1. The van der Waals surface area contributed by atoms with Gasteiger partial charge in [-0.05, 0) is 38.0 Å². The third-order valence-electron chi connectivity index (χ3n) is 3.99. The summed E-state index contributed by atoms with van der Waals surface area (Å²) in [6, 6.07) is 6.60. The number of nitrogens with one attached hydrogen (secondary N) is 2. The van der Waals surface area contributed by atoms with E-state index in [1.807, 2.05) is 6.92 Å². The van der Waals surface area contributed by atoms with Gasteiger partial charge >= 0.3 is 5.97 Å². The third kappa shape index (κ3) is 5.11. The van der Waals surface area contributed by atoms with Crippen molar-refractivity contribution in [3.63, 3.8) is 0 Å². The maximum Gasteiger partial charge on any atom is 0.341 e. The molecule has 2 aromatic rings. The Kier molecular flexibility index (Phi) is 8.02. The average molecular weight is 423 g/mol. The van der Waals surface area contributed by atoms with Crippen molar-refractivity contribution >= 4 is 45.7 Å². The van der Waals surface area contributed by atoms with Crippen LogP contribution in [0, 0.1) is 6.92 Å². The second-order valence-corrected chi connectivity index (χ2v) is 7.45. The molecular formula is C20H23ClN2O4S. The quantitative estimate of drug-likeness (QED) is 0.478. The lowest BCUT2D eigenvalue weighted by Crippen LogP contribution is -2.24. The summed E-state index contributed by atoms with van der Waals surface area (Å²) < 4.78 is 5.11. The van der Waals surface area contributed by atoms with E-state index in [2.05, 4.69) is 10.6 Å². The maximum absolute atomic E-state index is 12.6. The number of ether oxygens (including phenoxy) is 1. The van der Waals surface area contributed by atoms with Crippen molar-refractivity contribution in [3.8, 4) is 0 Å². The summed E-state index contributed by atoms with van der Waals surface area (Å²) in [5, 5.41) is 6.10. The Morgan fingerprint density at radius 3 is 2.50 bits per heavy atom. The molecule has 1 heterocycles. The number of benzene rings is 1. The van der Waals surface area contributed by atoms with E-state index < -0.39 is 11.9 Å². The van der Waals surface area contributed by atoms with Gasteiger partial charge in [0.2, 0.25) is 0 Å². The number of halogens is 1. The highest BCUT2D eigenvalue weighted by atomic mass is 35.5. The zero-order chi connectivity index (χ0) is 20.7. The zero-order valence-corrected chi connectivity index (χ0v) is 17.6. The number of carbonyl (C=O) groups excluding carboxylic acids is 3. The molecule has 28 heavy (non-hydrogen) atoms. The second kappa shape index (κ2) is 10.2. The topological polar surface area (TPSA) is 84.5 Å². The molecule has 1 aromatic heterocycles. The van der Waals surface area contributed by atoms with Gasteiger partial charge in [0.15, 0.2) is 0 Å². The van der Waals surface area contributed by atoms with Crippen LogP contribution in [0.25, 0.3) is 0 Å². The SMILES string of the molecule is CCCCNC(=O)c1sc(NC(=O)c2ccccc2Cl)c(C(=O)OCC)c1C. The number of esters is 1. The van der Waals surface area contributed by atoms with Crippen molar-refractivity contribution in [1.82, 2.24) is 5.32 Å². The van der Waals surface area contributed by atoms with E-state index in [9.17, 15) is 14.4 Å². The van der Waals surface area contributed by atoms with Crippen LogP contribution in [-0.4, -0.2) is 30.9 Å². The molecule has 0 unspecified atom stereocenters. The summed E-state index contributed by atoms with van der Waals surface area (Å²) in [6.45, 7) is 6.12. The minimum Gasteiger partial charge on any atom is -0.462 e. The molecule has 8 heteroatoms. The lowest BCUT2D eigenvalue weighted by molar-refractivity contribution is 0.0527. The molecule has 2 N–H and O–H groups in total. The first-order valence-electron chi connectivity index (χ1n) is 9.05. The van der Waals surface area contributed by atoms with Gasteiger partial charge in [0.25, 0.3) is 11.8 Å². The van der Waals surface area contributed by atoms with Gasteiger partial charge in [-0.25, -0.2) is 4.79 Å². The minimum absolute atomic E-state index is 0.185. The summed E-state index contributed by atoms with van der Waals surface area (Å²) in [5.74, 6) is -1.33. The van der Waals surface area contributed by atoms with Gasteiger partial charge in [0, 0.05) is 6.54 Å². The Balaban J connectivity index is 2.37. The molecule has 150 valence electrons. The Morgan fingerprint density at radius 2 is 1.86 bits per heavy atom. The normalized spacial score (nSPS) is 10.4. The monoisotopic (exact) mass is 422 g/mol. The standard InChI is InChI=1S/C20H23ClN2O4S/c1-4-6-11-22-18(25)16-12(3)15(20(26)27-5-2)19(28-16)23-17(24)13-9-7-8-10-14(13)21/h7-10H,4-6,11H2,1-3H3,(H,22,25)(H,23,24). The zero-order valence-electron chi connectivity index (χ0n) is 16.1. The predicted molar refractivity (Wildman–Crippen MR) is 112 cm³/mol. The molecule has 0 saturated carbocycles. The van der Waals surface area contributed by atoms with Gasteiger partial charge in [-0.15, -0.1) is 11.3 Å². The van der Waals surface area contributed by atoms with E-state index in [1.165, 1.54) is 0 Å². The molecule has 0 aliphatic carbocycles. The Hall–Kier alpha value is -2.38. The number of hydrogen-bond donors (Lipinski definition) is 2. The molecule has 0 aliphatic rings. The largest absolute Gasteiger partial charge is 0.462 e. The molecule has 0 bridgehead atoms. The molecule has 1 aromatic carbocycles. The fourth-order valence-electron chi connectivity index (χ4n) is 2.54. The smallest absolute Gasteiger partial charge is 0.341 e. The lowest BCUT2D eigenvalue weighted by Gasteiger charge is -2.08. The van der Waals surface area contributed by atoms with Crippen LogP contribution in [0.15, 0.2) is 24.3 Å². The molecule has 0 atom stereocenters. The fraction of sp³-hybridized carbons (Fsp3) is 0.350. The summed E-state index contributed by atoms with van der Waals surface area (Å²) in [6.07, 6.45) is 1.81. The van der Waals surface area contributed by atoms with Crippen molar-refractivity contribution in [2.75, 3.05) is 18.5 Å². The highest BCUT2D eigenvalue weighted by molar-refractivity contribution is 7.18. The van der Waals surface area contributed by atoms with E-state index in [0.29, 0.717) is 22.0 Å². The first-order chi connectivity index (χ1) is 13.4. The van der Waals surface area contributed by atoms with Gasteiger partial charge in [-0.2, -0.15) is 0 Å². The number of rotatable bonds is 8. The van der Waals surface area contributed by atoms with E-state index in [-0.39, 0.29) is 28.6 Å². The average Bonchev–Trinajstić information content (AvgIpc) is 2.98. The predicted octanol–water partition coefficient (Wildman–Crippen LogP) is 4.67. The van der Waals surface area contributed by atoms with Crippen LogP contribution in [0.5, 0.6) is 0 Å². The van der Waals surface area contributed by atoms with E-state index >= 15 is 0 Å². The molecule has 0 radical (unpaired) electrons. The fourth-order valence-corrected chi connectivity index (χ4v) is 3.87. The maximum atomic E-state index is 12.6. The minimum atomic E-state index is -0.585. The van der Waals surface area contributed by atoms with Crippen LogP contribution in [-0.2, 0) is 4.74 Å². The summed E-state index contributed by atoms with van der Waals surface area (Å²) in [7, 11) is 0. The van der Waals surface area contributed by atoms with Gasteiger partial charge in [0.05, 0.1) is 27.6 Å². The van der Waals surface area contributed by atoms with E-state index in [4.69, 9.17) is 16.3 Å². The van der Waals surface area contributed by atoms with Crippen LogP contribution >= 0.6 is 22.9 Å². The summed E-state index contributed by atoms with van der Waals surface area (Å²) >= 11 is 7.13. The molecule has 2 amide bonds. The van der Waals surface area contributed by atoms with Gasteiger partial charge in [-0.3, -0.25) is 9.59 Å². The Bertz CT molecular complexity index is 879. The number of amides is 2. The van der Waals surface area contributed by atoms with Crippen LogP contribution in [0.3, 0.4) is 0 Å². The van der Waals surface area contributed by atoms with Crippen LogP contribution < -0.4 is 10.6 Å². The number of anilines is 1. The first-order valence-corrected chi connectivity index (χ1v) is 10.2. The van der Waals surface area contributed by atoms with Gasteiger partial charge in [-0.1, -0.05) is 37.1 Å². The molecule has 2 rings (SSSR count). The lowest BCUT2D eigenvalue weighted by atomic mass is 10.1. The van der Waals surface area contributed by atoms with Crippen molar-refractivity contribution < 1.29 is 19.1 Å². The molecule has 6 nitrogen and oxygen atoms in total. The summed E-state index contributed by atoms with van der Waals surface area (Å²) in [4.78, 5) is 37.9. The van der Waals surface area contributed by atoms with Crippen molar-refractivity contribution in [2.45, 2.75) is 33.6 Å². The van der Waals surface area contributed by atoms with Crippen LogP contribution in [0.4, 0.5) is 5.00 Å². The second-order valence-electron chi connectivity index (χ2n) is 6.02. The highest BCUT2D eigenvalue weighted by Gasteiger charge is 2.27. The first kappa shape index (κ1) is 21.9. The van der Waals surface area contributed by atoms with E-state index in [1.54, 1.807) is 38.1 Å². The number of thiophene rings is 1.